The van der Waals surface area contributed by atoms with E-state index in [4.69, 9.17) is 4.74 Å². The van der Waals surface area contributed by atoms with Gasteiger partial charge in [-0.05, 0) is 48.9 Å². The molecule has 0 aromatic rings. The molecule has 0 aromatic carbocycles. The number of hydrogen-bond acceptors (Lipinski definition) is 1. The van der Waals surface area contributed by atoms with Crippen LogP contribution in [0.1, 0.15) is 19.3 Å². The fourth-order valence-electron chi connectivity index (χ4n) is 4.37. The highest BCUT2D eigenvalue weighted by molar-refractivity contribution is 5.16. The van der Waals surface area contributed by atoms with Crippen LogP contribution in [-0.2, 0) is 4.74 Å². The molecule has 4 fully saturated rings. The summed E-state index contributed by atoms with van der Waals surface area (Å²) in [6, 6.07) is 0. The van der Waals surface area contributed by atoms with Gasteiger partial charge in [0.2, 0.25) is 0 Å². The summed E-state index contributed by atoms with van der Waals surface area (Å²) in [6.07, 6.45) is 7.75. The second kappa shape index (κ2) is 2.03. The van der Waals surface area contributed by atoms with Crippen LogP contribution in [0.3, 0.4) is 0 Å². The minimum atomic E-state index is 0.674. The highest BCUT2D eigenvalue weighted by Crippen LogP contribution is 2.68. The van der Waals surface area contributed by atoms with Crippen LogP contribution in [0, 0.1) is 29.6 Å². The normalized spacial score (nSPS) is 66.3. The zero-order valence-corrected chi connectivity index (χ0v) is 7.86. The molecule has 1 heteroatoms. The van der Waals surface area contributed by atoms with Gasteiger partial charge in [-0.3, -0.25) is 0 Å². The predicted octanol–water partition coefficient (Wildman–Crippen LogP) is 2.23. The molecule has 1 nitrogen and oxygen atoms in total. The minimum absolute atomic E-state index is 0.674. The van der Waals surface area contributed by atoms with Gasteiger partial charge in [0.25, 0.3) is 0 Å². The first-order valence-corrected chi connectivity index (χ1v) is 5.66. The van der Waals surface area contributed by atoms with Gasteiger partial charge in [0, 0.05) is 0 Å². The quantitative estimate of drug-likeness (QED) is 0.441. The SMILES string of the molecule is C=CC1CC2C3CC4OC4CC3C12. The van der Waals surface area contributed by atoms with Gasteiger partial charge in [0.1, 0.15) is 0 Å². The summed E-state index contributed by atoms with van der Waals surface area (Å²) in [5.41, 5.74) is 0. The maximum absolute atomic E-state index is 5.63. The topological polar surface area (TPSA) is 12.5 Å². The number of hydrogen-bond donors (Lipinski definition) is 0. The van der Waals surface area contributed by atoms with Crippen LogP contribution in [0.4, 0.5) is 0 Å². The third kappa shape index (κ3) is 0.698. The molecule has 3 saturated carbocycles. The maximum Gasteiger partial charge on any atom is 0.0844 e. The Labute approximate surface area is 79.2 Å². The van der Waals surface area contributed by atoms with Crippen molar-refractivity contribution in [1.82, 2.24) is 0 Å². The molecule has 1 aliphatic heterocycles. The van der Waals surface area contributed by atoms with Crippen molar-refractivity contribution in [2.45, 2.75) is 31.5 Å². The zero-order valence-electron chi connectivity index (χ0n) is 7.86. The van der Waals surface area contributed by atoms with Gasteiger partial charge in [-0.15, -0.1) is 6.58 Å². The molecule has 0 amide bonds. The van der Waals surface area contributed by atoms with E-state index in [1.807, 2.05) is 0 Å². The molecule has 0 N–H and O–H groups in total. The molecule has 3 aliphatic carbocycles. The van der Waals surface area contributed by atoms with Crippen LogP contribution in [0.15, 0.2) is 12.7 Å². The maximum atomic E-state index is 5.63. The molecule has 13 heavy (non-hydrogen) atoms. The highest BCUT2D eigenvalue weighted by Gasteiger charge is 2.65. The summed E-state index contributed by atoms with van der Waals surface area (Å²) in [5.74, 6) is 5.02. The van der Waals surface area contributed by atoms with Crippen molar-refractivity contribution in [1.29, 1.82) is 0 Å². The lowest BCUT2D eigenvalue weighted by atomic mass is 9.40. The van der Waals surface area contributed by atoms with E-state index in [0.717, 1.165) is 29.6 Å². The summed E-state index contributed by atoms with van der Waals surface area (Å²) >= 11 is 0. The molecular weight excluding hydrogens is 160 g/mol. The Morgan fingerprint density at radius 3 is 2.46 bits per heavy atom. The van der Waals surface area contributed by atoms with E-state index in [1.165, 1.54) is 19.3 Å². The lowest BCUT2D eigenvalue weighted by molar-refractivity contribution is -0.148. The Hall–Kier alpha value is -0.300. The molecule has 0 aromatic heterocycles. The average Bonchev–Trinajstić information content (AvgIpc) is 2.81. The number of rotatable bonds is 1. The number of epoxide rings is 1. The van der Waals surface area contributed by atoms with Crippen molar-refractivity contribution in [2.75, 3.05) is 0 Å². The van der Waals surface area contributed by atoms with Gasteiger partial charge in [0.15, 0.2) is 0 Å². The molecular formula is C12H16O. The predicted molar refractivity (Wildman–Crippen MR) is 50.2 cm³/mol. The van der Waals surface area contributed by atoms with Crippen molar-refractivity contribution < 1.29 is 4.74 Å². The van der Waals surface area contributed by atoms with Crippen LogP contribution in [0.2, 0.25) is 0 Å². The smallest absolute Gasteiger partial charge is 0.0844 e. The minimum Gasteiger partial charge on any atom is -0.370 e. The molecule has 1 heterocycles. The Bertz CT molecular complexity index is 272. The van der Waals surface area contributed by atoms with E-state index >= 15 is 0 Å². The summed E-state index contributed by atoms with van der Waals surface area (Å²) in [7, 11) is 0. The number of ether oxygens (including phenoxy) is 1. The first kappa shape index (κ1) is 7.05. The average molecular weight is 176 g/mol. The number of allylic oxidation sites excluding steroid dienone is 1. The van der Waals surface area contributed by atoms with Gasteiger partial charge in [-0.1, -0.05) is 6.08 Å². The van der Waals surface area contributed by atoms with E-state index in [2.05, 4.69) is 12.7 Å². The van der Waals surface area contributed by atoms with Crippen molar-refractivity contribution in [2.24, 2.45) is 29.6 Å². The van der Waals surface area contributed by atoms with Crippen molar-refractivity contribution >= 4 is 0 Å². The molecule has 7 atom stereocenters. The third-order valence-electron chi connectivity index (χ3n) is 5.13. The lowest BCUT2D eigenvalue weighted by Crippen LogP contribution is -2.59. The van der Waals surface area contributed by atoms with Gasteiger partial charge in [-0.2, -0.15) is 0 Å². The molecule has 0 radical (unpaired) electrons. The standard InChI is InChI=1S/C12H16O/c1-2-6-3-8-7-4-10-11(13-10)5-9(7)12(6)8/h2,6-12H,1,3-5H2. The van der Waals surface area contributed by atoms with Crippen LogP contribution < -0.4 is 0 Å². The summed E-state index contributed by atoms with van der Waals surface area (Å²) in [4.78, 5) is 0. The second-order valence-electron chi connectivity index (χ2n) is 5.39. The summed E-state index contributed by atoms with van der Waals surface area (Å²) in [5, 5.41) is 0. The van der Waals surface area contributed by atoms with Crippen molar-refractivity contribution in [3.63, 3.8) is 0 Å². The molecule has 0 bridgehead atoms. The first-order valence-electron chi connectivity index (χ1n) is 5.66. The molecule has 1 saturated heterocycles. The van der Waals surface area contributed by atoms with E-state index in [0.29, 0.717) is 12.2 Å². The Balaban J connectivity index is 1.56. The van der Waals surface area contributed by atoms with Crippen LogP contribution in [0.25, 0.3) is 0 Å². The lowest BCUT2D eigenvalue weighted by Gasteiger charge is -2.64. The van der Waals surface area contributed by atoms with Crippen LogP contribution in [-0.4, -0.2) is 12.2 Å². The van der Waals surface area contributed by atoms with E-state index in [-0.39, 0.29) is 0 Å². The van der Waals surface area contributed by atoms with Gasteiger partial charge < -0.3 is 4.74 Å². The van der Waals surface area contributed by atoms with Gasteiger partial charge in [0.05, 0.1) is 12.2 Å². The Morgan fingerprint density at radius 1 is 1.00 bits per heavy atom. The molecule has 4 aliphatic rings. The largest absolute Gasteiger partial charge is 0.370 e. The second-order valence-corrected chi connectivity index (χ2v) is 5.39. The molecule has 4 rings (SSSR count). The van der Waals surface area contributed by atoms with Crippen LogP contribution >= 0.6 is 0 Å². The van der Waals surface area contributed by atoms with E-state index in [9.17, 15) is 0 Å². The van der Waals surface area contributed by atoms with E-state index in [1.54, 1.807) is 0 Å². The van der Waals surface area contributed by atoms with Gasteiger partial charge in [-0.25, -0.2) is 0 Å². The summed E-state index contributed by atoms with van der Waals surface area (Å²) in [6.45, 7) is 3.94. The first-order chi connectivity index (χ1) is 6.38. The van der Waals surface area contributed by atoms with E-state index < -0.39 is 0 Å². The monoisotopic (exact) mass is 176 g/mol. The van der Waals surface area contributed by atoms with Crippen molar-refractivity contribution in [3.05, 3.63) is 12.7 Å². The summed E-state index contributed by atoms with van der Waals surface area (Å²) < 4.78 is 5.63. The third-order valence-corrected chi connectivity index (χ3v) is 5.13. The van der Waals surface area contributed by atoms with Crippen LogP contribution in [0.5, 0.6) is 0 Å². The molecule has 0 spiro atoms. The molecule has 70 valence electrons. The van der Waals surface area contributed by atoms with Crippen molar-refractivity contribution in [3.8, 4) is 0 Å². The number of fused-ring (bicyclic) bond motifs is 5. The fraction of sp³-hybridized carbons (Fsp3) is 0.833. The fourth-order valence-corrected chi connectivity index (χ4v) is 4.37. The Kier molecular flexibility index (Phi) is 1.10. The molecule has 7 unspecified atom stereocenters. The highest BCUT2D eigenvalue weighted by atomic mass is 16.6. The van der Waals surface area contributed by atoms with Gasteiger partial charge >= 0.3 is 0 Å². The Morgan fingerprint density at radius 2 is 1.69 bits per heavy atom. The zero-order chi connectivity index (χ0) is 8.58.